The van der Waals surface area contributed by atoms with E-state index in [9.17, 15) is 18.0 Å². The first-order chi connectivity index (χ1) is 15.1. The maximum Gasteiger partial charge on any atom is 0.266 e. The van der Waals surface area contributed by atoms with Gasteiger partial charge in [-0.2, -0.15) is 0 Å². The third-order valence-electron chi connectivity index (χ3n) is 4.84. The molecule has 2 N–H and O–H groups in total. The van der Waals surface area contributed by atoms with Gasteiger partial charge in [-0.3, -0.25) is 13.9 Å². The van der Waals surface area contributed by atoms with Gasteiger partial charge in [-0.1, -0.05) is 42.8 Å². The molecule has 0 radical (unpaired) electrons. The van der Waals surface area contributed by atoms with Crippen molar-refractivity contribution in [2.24, 2.45) is 0 Å². The molecule has 0 aromatic heterocycles. The maximum atomic E-state index is 13.4. The Hall–Kier alpha value is -2.84. The number of nitrogens with zero attached hydrogens (tertiary/aromatic N) is 1. The molecular formula is C23H28ClN3O4S. The zero-order chi connectivity index (χ0) is 23.9. The summed E-state index contributed by atoms with van der Waals surface area (Å²) in [7, 11) is -4.10. The van der Waals surface area contributed by atoms with Crippen LogP contribution in [0.2, 0.25) is 5.02 Å². The summed E-state index contributed by atoms with van der Waals surface area (Å²) in [5.74, 6) is -0.907. The number of benzene rings is 2. The standard InChI is InChI=1S/C23H28ClN3O4S/c1-5-14-27(19-10-8-7-9-11-19)32(30,31)21-15-18(12-13-20(21)24)23(29)26-17(4)22(28)25-16(3)6-2/h5,7-13,15-17H,1,6,14H2,2-4H3,(H,25,28)(H,26,29). The van der Waals surface area contributed by atoms with Crippen LogP contribution in [0.25, 0.3) is 0 Å². The van der Waals surface area contributed by atoms with E-state index in [-0.39, 0.29) is 34.0 Å². The van der Waals surface area contributed by atoms with Crippen molar-refractivity contribution in [3.63, 3.8) is 0 Å². The number of halogens is 1. The second-order valence-electron chi connectivity index (χ2n) is 7.32. The molecule has 2 rings (SSSR count). The molecule has 2 unspecified atom stereocenters. The molecule has 172 valence electrons. The first kappa shape index (κ1) is 25.4. The highest BCUT2D eigenvalue weighted by molar-refractivity contribution is 7.93. The highest BCUT2D eigenvalue weighted by Crippen LogP contribution is 2.29. The quantitative estimate of drug-likeness (QED) is 0.509. The molecule has 9 heteroatoms. The number of nitrogens with one attached hydrogen (secondary N) is 2. The van der Waals surface area contributed by atoms with Crippen molar-refractivity contribution in [1.29, 1.82) is 0 Å². The second kappa shape index (κ2) is 11.2. The molecule has 0 aliphatic carbocycles. The van der Waals surface area contributed by atoms with Crippen molar-refractivity contribution in [2.45, 2.75) is 44.2 Å². The van der Waals surface area contributed by atoms with Gasteiger partial charge in [0.2, 0.25) is 5.91 Å². The monoisotopic (exact) mass is 477 g/mol. The lowest BCUT2D eigenvalue weighted by Crippen LogP contribution is -2.47. The van der Waals surface area contributed by atoms with Gasteiger partial charge in [-0.05, 0) is 50.6 Å². The largest absolute Gasteiger partial charge is 0.352 e. The molecule has 2 aromatic rings. The molecule has 0 fully saturated rings. The van der Waals surface area contributed by atoms with Gasteiger partial charge in [0.05, 0.1) is 17.3 Å². The predicted molar refractivity (Wildman–Crippen MR) is 127 cm³/mol. The average molecular weight is 478 g/mol. The summed E-state index contributed by atoms with van der Waals surface area (Å²) in [4.78, 5) is 24.7. The molecule has 0 saturated heterocycles. The number of rotatable bonds is 10. The minimum absolute atomic E-state index is 0.0193. The van der Waals surface area contributed by atoms with E-state index in [2.05, 4.69) is 17.2 Å². The Morgan fingerprint density at radius 3 is 2.38 bits per heavy atom. The van der Waals surface area contributed by atoms with E-state index in [1.54, 1.807) is 37.3 Å². The normalized spacial score (nSPS) is 13.0. The summed E-state index contributed by atoms with van der Waals surface area (Å²) in [5, 5.41) is 5.36. The molecule has 0 spiro atoms. The van der Waals surface area contributed by atoms with Crippen LogP contribution in [-0.4, -0.2) is 38.9 Å². The van der Waals surface area contributed by atoms with Gasteiger partial charge in [0, 0.05) is 11.6 Å². The van der Waals surface area contributed by atoms with Crippen molar-refractivity contribution >= 4 is 39.1 Å². The number of sulfonamides is 1. The molecule has 2 aromatic carbocycles. The maximum absolute atomic E-state index is 13.4. The van der Waals surface area contributed by atoms with E-state index in [4.69, 9.17) is 11.6 Å². The van der Waals surface area contributed by atoms with Crippen molar-refractivity contribution in [2.75, 3.05) is 10.8 Å². The van der Waals surface area contributed by atoms with Crippen LogP contribution in [-0.2, 0) is 14.8 Å². The van der Waals surface area contributed by atoms with E-state index in [0.717, 1.165) is 10.7 Å². The first-order valence-corrected chi connectivity index (χ1v) is 12.0. The highest BCUT2D eigenvalue weighted by Gasteiger charge is 2.28. The summed E-state index contributed by atoms with van der Waals surface area (Å²) in [5.41, 5.74) is 0.511. The number of hydrogen-bond acceptors (Lipinski definition) is 4. The molecule has 0 aliphatic heterocycles. The molecule has 2 amide bonds. The van der Waals surface area contributed by atoms with Gasteiger partial charge < -0.3 is 10.6 Å². The number of amides is 2. The number of hydrogen-bond donors (Lipinski definition) is 2. The van der Waals surface area contributed by atoms with Crippen LogP contribution in [0.5, 0.6) is 0 Å². The second-order valence-corrected chi connectivity index (χ2v) is 9.56. The summed E-state index contributed by atoms with van der Waals surface area (Å²) in [6, 6.07) is 11.7. The smallest absolute Gasteiger partial charge is 0.266 e. The Morgan fingerprint density at radius 2 is 1.78 bits per heavy atom. The van der Waals surface area contributed by atoms with Crippen LogP contribution in [0.15, 0.2) is 66.1 Å². The van der Waals surface area contributed by atoms with Gasteiger partial charge in [0.25, 0.3) is 15.9 Å². The first-order valence-electron chi connectivity index (χ1n) is 10.2. The van der Waals surface area contributed by atoms with Crippen LogP contribution < -0.4 is 14.9 Å². The lowest BCUT2D eigenvalue weighted by Gasteiger charge is -2.24. The fourth-order valence-corrected chi connectivity index (χ4v) is 4.77. The molecular weight excluding hydrogens is 450 g/mol. The van der Waals surface area contributed by atoms with Crippen LogP contribution in [0.3, 0.4) is 0 Å². The molecule has 0 aliphatic rings. The molecule has 7 nitrogen and oxygen atoms in total. The van der Waals surface area contributed by atoms with Crippen molar-refractivity contribution in [3.8, 4) is 0 Å². The van der Waals surface area contributed by atoms with Crippen LogP contribution in [0.4, 0.5) is 5.69 Å². The third-order valence-corrected chi connectivity index (χ3v) is 7.12. The molecule has 0 heterocycles. The van der Waals surface area contributed by atoms with E-state index >= 15 is 0 Å². The Morgan fingerprint density at radius 1 is 1.12 bits per heavy atom. The number of anilines is 1. The summed E-state index contributed by atoms with van der Waals surface area (Å²) in [6.07, 6.45) is 2.22. The van der Waals surface area contributed by atoms with E-state index in [0.29, 0.717) is 5.69 Å². The van der Waals surface area contributed by atoms with Crippen molar-refractivity contribution < 1.29 is 18.0 Å². The number of para-hydroxylation sites is 1. The van der Waals surface area contributed by atoms with Crippen LogP contribution >= 0.6 is 11.6 Å². The van der Waals surface area contributed by atoms with Crippen LogP contribution in [0.1, 0.15) is 37.6 Å². The van der Waals surface area contributed by atoms with E-state index in [1.165, 1.54) is 24.3 Å². The third kappa shape index (κ3) is 6.11. The summed E-state index contributed by atoms with van der Waals surface area (Å²) in [6.45, 7) is 9.02. The SMILES string of the molecule is C=CCN(c1ccccc1)S(=O)(=O)c1cc(C(=O)NC(C)C(=O)NC(C)CC)ccc1Cl. The average Bonchev–Trinajstić information content (AvgIpc) is 2.77. The molecule has 0 saturated carbocycles. The van der Waals surface area contributed by atoms with E-state index < -0.39 is 22.0 Å². The Labute approximate surface area is 194 Å². The number of carbonyl (C=O) groups excluding carboxylic acids is 2. The molecule has 2 atom stereocenters. The summed E-state index contributed by atoms with van der Waals surface area (Å²) >= 11 is 6.22. The van der Waals surface area contributed by atoms with Gasteiger partial charge >= 0.3 is 0 Å². The lowest BCUT2D eigenvalue weighted by atomic mass is 10.2. The molecule has 0 bridgehead atoms. The minimum atomic E-state index is -4.10. The van der Waals surface area contributed by atoms with Crippen LogP contribution in [0, 0.1) is 0 Å². The molecule has 32 heavy (non-hydrogen) atoms. The van der Waals surface area contributed by atoms with Crippen molar-refractivity contribution in [3.05, 3.63) is 71.8 Å². The Bertz CT molecular complexity index is 1070. The lowest BCUT2D eigenvalue weighted by molar-refractivity contribution is -0.123. The highest BCUT2D eigenvalue weighted by atomic mass is 35.5. The Balaban J connectivity index is 2.34. The van der Waals surface area contributed by atoms with Gasteiger partial charge in [0.15, 0.2) is 0 Å². The van der Waals surface area contributed by atoms with Gasteiger partial charge in [0.1, 0.15) is 10.9 Å². The fourth-order valence-electron chi connectivity index (χ4n) is 2.83. The zero-order valence-corrected chi connectivity index (χ0v) is 19.9. The zero-order valence-electron chi connectivity index (χ0n) is 18.3. The Kier molecular flexibility index (Phi) is 8.86. The van der Waals surface area contributed by atoms with Crippen molar-refractivity contribution in [1.82, 2.24) is 10.6 Å². The topological polar surface area (TPSA) is 95.6 Å². The van der Waals surface area contributed by atoms with E-state index in [1.807, 2.05) is 13.8 Å². The number of carbonyl (C=O) groups is 2. The van der Waals surface area contributed by atoms with Gasteiger partial charge in [-0.25, -0.2) is 8.42 Å². The summed E-state index contributed by atoms with van der Waals surface area (Å²) < 4.78 is 28.0. The fraction of sp³-hybridized carbons (Fsp3) is 0.304. The predicted octanol–water partition coefficient (Wildman–Crippen LogP) is 3.75. The van der Waals surface area contributed by atoms with Gasteiger partial charge in [-0.15, -0.1) is 6.58 Å². The minimum Gasteiger partial charge on any atom is -0.352 e.